The fourth-order valence-corrected chi connectivity index (χ4v) is 3.46. The summed E-state index contributed by atoms with van der Waals surface area (Å²) < 4.78 is 37.7. The molecule has 162 valence electrons. The molecule has 0 aromatic heterocycles. The normalized spacial score (nSPS) is 18.6. The van der Waals surface area contributed by atoms with Gasteiger partial charge in [-0.1, -0.05) is 31.4 Å². The smallest absolute Gasteiger partial charge is 0.380 e. The Labute approximate surface area is 167 Å². The number of aliphatic hydroxyl groups excluding tert-OH is 1. The van der Waals surface area contributed by atoms with Crippen LogP contribution in [0.4, 0.5) is 13.2 Å². The molecule has 3 N–H and O–H groups in total. The van der Waals surface area contributed by atoms with Crippen molar-refractivity contribution in [2.45, 2.75) is 69.5 Å². The Hall–Kier alpha value is -2.13. The number of halogens is 3. The quantitative estimate of drug-likeness (QED) is 0.664. The lowest BCUT2D eigenvalue weighted by Crippen LogP contribution is -2.59. The third-order valence-corrected chi connectivity index (χ3v) is 5.40. The summed E-state index contributed by atoms with van der Waals surface area (Å²) in [6, 6.07) is 4.13. The molecule has 0 bridgehead atoms. The fourth-order valence-electron chi connectivity index (χ4n) is 3.46. The predicted molar refractivity (Wildman–Crippen MR) is 99.6 cm³/mol. The zero-order valence-electron chi connectivity index (χ0n) is 16.5. The fraction of sp³-hybridized carbons (Fsp3) is 0.600. The highest BCUT2D eigenvalue weighted by atomic mass is 19.4. The van der Waals surface area contributed by atoms with Crippen molar-refractivity contribution in [1.82, 2.24) is 10.2 Å². The van der Waals surface area contributed by atoms with Crippen LogP contribution >= 0.6 is 0 Å². The second-order valence-electron chi connectivity index (χ2n) is 7.67. The first-order valence-corrected chi connectivity index (χ1v) is 9.56. The monoisotopic (exact) mass is 416 g/mol. The molecule has 1 aliphatic rings. The first-order chi connectivity index (χ1) is 13.4. The summed E-state index contributed by atoms with van der Waals surface area (Å²) in [4.78, 5) is 26.2. The highest BCUT2D eigenvalue weighted by Gasteiger charge is 2.45. The number of nitrogens with one attached hydrogen (secondary N) is 1. The lowest BCUT2D eigenvalue weighted by atomic mass is 9.91. The molecule has 1 aliphatic carbocycles. The number of aliphatic hydroxyl groups is 2. The SMILES string of the molecule is CN(C(=O)[C@@](C)(O)[C@@H](O)C(=O)NCc1ccc(C(F)(F)F)cc1)C1CCCCC1. The number of carbonyl (C=O) groups is 2. The summed E-state index contributed by atoms with van der Waals surface area (Å²) in [5.74, 6) is -1.73. The molecule has 1 saturated carbocycles. The summed E-state index contributed by atoms with van der Waals surface area (Å²) in [6.45, 7) is 0.924. The van der Waals surface area contributed by atoms with Gasteiger partial charge < -0.3 is 20.4 Å². The van der Waals surface area contributed by atoms with Crippen LogP contribution in [-0.4, -0.2) is 51.7 Å². The maximum Gasteiger partial charge on any atom is 0.416 e. The number of benzene rings is 1. The minimum atomic E-state index is -4.46. The van der Waals surface area contributed by atoms with Gasteiger partial charge in [0.05, 0.1) is 5.56 Å². The number of alkyl halides is 3. The first kappa shape index (κ1) is 23.2. The Morgan fingerprint density at radius 1 is 1.17 bits per heavy atom. The van der Waals surface area contributed by atoms with Gasteiger partial charge in [-0.05, 0) is 37.5 Å². The molecule has 6 nitrogen and oxygen atoms in total. The number of amides is 2. The molecule has 0 saturated heterocycles. The molecule has 0 unspecified atom stereocenters. The van der Waals surface area contributed by atoms with Crippen molar-refractivity contribution in [2.75, 3.05) is 7.05 Å². The van der Waals surface area contributed by atoms with E-state index in [2.05, 4.69) is 5.32 Å². The molecule has 29 heavy (non-hydrogen) atoms. The van der Waals surface area contributed by atoms with E-state index < -0.39 is 35.3 Å². The minimum Gasteiger partial charge on any atom is -0.380 e. The summed E-state index contributed by atoms with van der Waals surface area (Å²) in [5.41, 5.74) is -2.76. The van der Waals surface area contributed by atoms with Gasteiger partial charge in [-0.3, -0.25) is 9.59 Å². The van der Waals surface area contributed by atoms with Crippen LogP contribution < -0.4 is 5.32 Å². The Bertz CT molecular complexity index is 713. The van der Waals surface area contributed by atoms with Gasteiger partial charge >= 0.3 is 6.18 Å². The Balaban J connectivity index is 1.95. The Kier molecular flexibility index (Phi) is 7.29. The Morgan fingerprint density at radius 2 is 1.72 bits per heavy atom. The third-order valence-electron chi connectivity index (χ3n) is 5.40. The molecule has 0 radical (unpaired) electrons. The second kappa shape index (κ2) is 9.13. The molecular weight excluding hydrogens is 389 g/mol. The minimum absolute atomic E-state index is 0.0508. The molecule has 0 spiro atoms. The maximum absolute atomic E-state index is 12.6. The van der Waals surface area contributed by atoms with E-state index in [1.54, 1.807) is 7.05 Å². The van der Waals surface area contributed by atoms with Gasteiger partial charge in [0.25, 0.3) is 11.8 Å². The van der Waals surface area contributed by atoms with Crippen molar-refractivity contribution in [3.63, 3.8) is 0 Å². The predicted octanol–water partition coefficient (Wildman–Crippen LogP) is 2.22. The molecule has 1 aromatic rings. The van der Waals surface area contributed by atoms with Gasteiger partial charge in [0.15, 0.2) is 11.7 Å². The number of likely N-dealkylation sites (N-methyl/N-ethyl adjacent to an activating group) is 1. The molecule has 0 heterocycles. The van der Waals surface area contributed by atoms with Gasteiger partial charge in [0.2, 0.25) is 0 Å². The number of hydrogen-bond donors (Lipinski definition) is 3. The van der Waals surface area contributed by atoms with E-state index in [1.807, 2.05) is 0 Å². The van der Waals surface area contributed by atoms with Crippen LogP contribution in [0.1, 0.15) is 50.2 Å². The van der Waals surface area contributed by atoms with Crippen molar-refractivity contribution in [3.8, 4) is 0 Å². The van der Waals surface area contributed by atoms with Crippen LogP contribution in [0.2, 0.25) is 0 Å². The van der Waals surface area contributed by atoms with Crippen LogP contribution in [0.3, 0.4) is 0 Å². The van der Waals surface area contributed by atoms with E-state index >= 15 is 0 Å². The summed E-state index contributed by atoms with van der Waals surface area (Å²) in [7, 11) is 1.54. The van der Waals surface area contributed by atoms with Crippen molar-refractivity contribution in [2.24, 2.45) is 0 Å². The average molecular weight is 416 g/mol. The van der Waals surface area contributed by atoms with Gasteiger partial charge in [-0.2, -0.15) is 13.2 Å². The molecule has 9 heteroatoms. The van der Waals surface area contributed by atoms with E-state index in [4.69, 9.17) is 0 Å². The number of hydrogen-bond acceptors (Lipinski definition) is 4. The van der Waals surface area contributed by atoms with Crippen LogP contribution in [0, 0.1) is 0 Å². The zero-order chi connectivity index (χ0) is 21.8. The lowest BCUT2D eigenvalue weighted by Gasteiger charge is -2.37. The molecule has 1 fully saturated rings. The van der Waals surface area contributed by atoms with Crippen molar-refractivity contribution < 1.29 is 33.0 Å². The Morgan fingerprint density at radius 3 is 2.24 bits per heavy atom. The molecule has 1 aromatic carbocycles. The highest BCUT2D eigenvalue weighted by Crippen LogP contribution is 2.29. The van der Waals surface area contributed by atoms with E-state index in [0.717, 1.165) is 51.2 Å². The van der Waals surface area contributed by atoms with Crippen molar-refractivity contribution in [1.29, 1.82) is 0 Å². The van der Waals surface area contributed by atoms with Crippen molar-refractivity contribution in [3.05, 3.63) is 35.4 Å². The summed E-state index contributed by atoms with van der Waals surface area (Å²) in [6.07, 6.45) is -1.84. The van der Waals surface area contributed by atoms with E-state index in [9.17, 15) is 33.0 Å². The van der Waals surface area contributed by atoms with Gasteiger partial charge in [-0.25, -0.2) is 0 Å². The maximum atomic E-state index is 12.6. The standard InChI is InChI=1S/C20H27F3N2O4/c1-19(29,18(28)25(2)15-6-4-3-5-7-15)16(26)17(27)24-12-13-8-10-14(11-9-13)20(21,22)23/h8-11,15-16,26,29H,3-7,12H2,1-2H3,(H,24,27)/t16-,19-/m0/s1. The van der Waals surface area contributed by atoms with Gasteiger partial charge in [0, 0.05) is 19.6 Å². The molecule has 2 atom stereocenters. The van der Waals surface area contributed by atoms with E-state index in [-0.39, 0.29) is 12.6 Å². The number of carbonyl (C=O) groups excluding carboxylic acids is 2. The van der Waals surface area contributed by atoms with Crippen molar-refractivity contribution >= 4 is 11.8 Å². The van der Waals surface area contributed by atoms with Gasteiger partial charge in [-0.15, -0.1) is 0 Å². The largest absolute Gasteiger partial charge is 0.416 e. The molecule has 2 rings (SSSR count). The first-order valence-electron chi connectivity index (χ1n) is 9.56. The number of nitrogens with zero attached hydrogens (tertiary/aromatic N) is 1. The van der Waals surface area contributed by atoms with E-state index in [1.165, 1.54) is 17.0 Å². The van der Waals surface area contributed by atoms with Crippen LogP contribution in [0.25, 0.3) is 0 Å². The van der Waals surface area contributed by atoms with Gasteiger partial charge in [0.1, 0.15) is 0 Å². The number of rotatable bonds is 6. The summed E-state index contributed by atoms with van der Waals surface area (Å²) in [5, 5.41) is 23.1. The average Bonchev–Trinajstić information content (AvgIpc) is 2.70. The zero-order valence-corrected chi connectivity index (χ0v) is 16.5. The summed E-state index contributed by atoms with van der Waals surface area (Å²) >= 11 is 0. The van der Waals surface area contributed by atoms with Crippen LogP contribution in [-0.2, 0) is 22.3 Å². The molecular formula is C20H27F3N2O4. The van der Waals surface area contributed by atoms with Crippen LogP contribution in [0.5, 0.6) is 0 Å². The van der Waals surface area contributed by atoms with E-state index in [0.29, 0.717) is 5.56 Å². The topological polar surface area (TPSA) is 89.9 Å². The second-order valence-corrected chi connectivity index (χ2v) is 7.67. The lowest BCUT2D eigenvalue weighted by molar-refractivity contribution is -0.168. The van der Waals surface area contributed by atoms with Crippen LogP contribution in [0.15, 0.2) is 24.3 Å². The molecule has 2 amide bonds. The highest BCUT2D eigenvalue weighted by molar-refractivity contribution is 5.93. The molecule has 0 aliphatic heterocycles. The third kappa shape index (κ3) is 5.70.